The highest BCUT2D eigenvalue weighted by Crippen LogP contribution is 2.42. The Morgan fingerprint density at radius 2 is 2.16 bits per heavy atom. The summed E-state index contributed by atoms with van der Waals surface area (Å²) in [5, 5.41) is 1.92. The van der Waals surface area contributed by atoms with Gasteiger partial charge in [0.25, 0.3) is 5.91 Å². The number of guanidine groups is 1. The molecule has 0 bridgehead atoms. The van der Waals surface area contributed by atoms with Crippen LogP contribution in [0.1, 0.15) is 22.5 Å². The number of carbonyl (C=O) groups is 1. The van der Waals surface area contributed by atoms with Crippen molar-refractivity contribution in [3.8, 4) is 5.88 Å². The molecule has 2 atom stereocenters. The van der Waals surface area contributed by atoms with Gasteiger partial charge in [-0.3, -0.25) is 4.79 Å². The fourth-order valence-corrected chi connectivity index (χ4v) is 5.61. The maximum Gasteiger partial charge on any atom is 0.275 e. The number of aromatic nitrogens is 2. The average Bonchev–Trinajstić information content (AvgIpc) is 2.78. The van der Waals surface area contributed by atoms with E-state index in [1.54, 1.807) is 24.3 Å². The molecule has 1 saturated heterocycles. The zero-order valence-corrected chi connectivity index (χ0v) is 17.8. The van der Waals surface area contributed by atoms with E-state index in [0.717, 1.165) is 4.31 Å². The Labute approximate surface area is 179 Å². The Balaban J connectivity index is 1.69. The first-order valence-electron chi connectivity index (χ1n) is 9.46. The van der Waals surface area contributed by atoms with E-state index < -0.39 is 26.7 Å². The molecule has 2 aliphatic rings. The third-order valence-corrected chi connectivity index (χ3v) is 7.74. The lowest BCUT2D eigenvalue weighted by molar-refractivity contribution is 0.0375. The SMILES string of the molecule is COc1cnc(C(=O)Nc2cccc(C34COCCC3S(=O)(=O)N(C)C(N)=N4)c2)cn1. The van der Waals surface area contributed by atoms with E-state index in [1.165, 1.54) is 26.6 Å². The summed E-state index contributed by atoms with van der Waals surface area (Å²) in [5.74, 6) is -0.287. The number of aliphatic imine (C=N–C) groups is 1. The lowest BCUT2D eigenvalue weighted by Crippen LogP contribution is -2.60. The summed E-state index contributed by atoms with van der Waals surface area (Å²) < 4.78 is 37.7. The minimum atomic E-state index is -3.72. The van der Waals surface area contributed by atoms with E-state index in [-0.39, 0.29) is 24.7 Å². The van der Waals surface area contributed by atoms with Crippen molar-refractivity contribution in [2.24, 2.45) is 10.7 Å². The number of anilines is 1. The van der Waals surface area contributed by atoms with Crippen LogP contribution in [0.15, 0.2) is 41.7 Å². The van der Waals surface area contributed by atoms with Crippen LogP contribution in [0.3, 0.4) is 0 Å². The number of hydrogen-bond acceptors (Lipinski definition) is 9. The molecule has 1 fully saturated rings. The van der Waals surface area contributed by atoms with Gasteiger partial charge in [0.1, 0.15) is 16.5 Å². The molecule has 0 spiro atoms. The number of amides is 1. The highest BCUT2D eigenvalue weighted by Gasteiger charge is 2.55. The molecule has 0 radical (unpaired) electrons. The fourth-order valence-electron chi connectivity index (χ4n) is 3.78. The van der Waals surface area contributed by atoms with Crippen LogP contribution >= 0.6 is 0 Å². The quantitative estimate of drug-likeness (QED) is 0.681. The number of sulfonamides is 1. The molecule has 164 valence electrons. The Morgan fingerprint density at radius 3 is 2.87 bits per heavy atom. The van der Waals surface area contributed by atoms with E-state index in [9.17, 15) is 13.2 Å². The molecule has 11 nitrogen and oxygen atoms in total. The van der Waals surface area contributed by atoms with E-state index in [0.29, 0.717) is 23.7 Å². The summed E-state index contributed by atoms with van der Waals surface area (Å²) in [6.07, 6.45) is 2.92. The summed E-state index contributed by atoms with van der Waals surface area (Å²) in [6, 6.07) is 6.82. The zero-order valence-electron chi connectivity index (χ0n) is 17.0. The van der Waals surface area contributed by atoms with Gasteiger partial charge >= 0.3 is 0 Å². The Kier molecular flexibility index (Phi) is 5.27. The van der Waals surface area contributed by atoms with E-state index in [1.807, 2.05) is 0 Å². The summed E-state index contributed by atoms with van der Waals surface area (Å²) in [5.41, 5.74) is 5.88. The van der Waals surface area contributed by atoms with Crippen molar-refractivity contribution in [3.05, 3.63) is 47.9 Å². The van der Waals surface area contributed by atoms with Gasteiger partial charge in [-0.05, 0) is 24.1 Å². The first-order valence-corrected chi connectivity index (χ1v) is 11.0. The molecule has 1 aromatic heterocycles. The molecule has 1 aromatic carbocycles. The van der Waals surface area contributed by atoms with Gasteiger partial charge < -0.3 is 20.5 Å². The van der Waals surface area contributed by atoms with Crippen LogP contribution in [-0.4, -0.2) is 67.2 Å². The molecule has 3 heterocycles. The van der Waals surface area contributed by atoms with Crippen molar-refractivity contribution < 1.29 is 22.7 Å². The number of fused-ring (bicyclic) bond motifs is 1. The molecule has 3 N–H and O–H groups in total. The van der Waals surface area contributed by atoms with Crippen LogP contribution < -0.4 is 15.8 Å². The topological polar surface area (TPSA) is 149 Å². The second kappa shape index (κ2) is 7.78. The van der Waals surface area contributed by atoms with Crippen LogP contribution in [0.25, 0.3) is 0 Å². The van der Waals surface area contributed by atoms with Gasteiger partial charge in [-0.25, -0.2) is 27.7 Å². The second-order valence-electron chi connectivity index (χ2n) is 7.22. The van der Waals surface area contributed by atoms with Crippen molar-refractivity contribution in [1.82, 2.24) is 14.3 Å². The smallest absolute Gasteiger partial charge is 0.275 e. The number of rotatable bonds is 4. The van der Waals surface area contributed by atoms with Crippen LogP contribution in [0.2, 0.25) is 0 Å². The van der Waals surface area contributed by atoms with E-state index in [2.05, 4.69) is 20.3 Å². The predicted octanol–water partition coefficient (Wildman–Crippen LogP) is 0.312. The highest BCUT2D eigenvalue weighted by molar-refractivity contribution is 7.90. The van der Waals surface area contributed by atoms with Gasteiger partial charge in [0.15, 0.2) is 0 Å². The molecule has 1 amide bonds. The molecule has 2 unspecified atom stereocenters. The maximum atomic E-state index is 13.1. The van der Waals surface area contributed by atoms with Gasteiger partial charge in [0.05, 0.1) is 26.1 Å². The fraction of sp³-hybridized carbons (Fsp3) is 0.368. The van der Waals surface area contributed by atoms with Gasteiger partial charge in [0.2, 0.25) is 21.9 Å². The number of benzene rings is 1. The molecular weight excluding hydrogens is 424 g/mol. The number of nitrogens with two attached hydrogens (primary N) is 1. The first kappa shape index (κ1) is 21.0. The number of carbonyl (C=O) groups excluding carboxylic acids is 1. The lowest BCUT2D eigenvalue weighted by Gasteiger charge is -2.45. The average molecular weight is 446 g/mol. The maximum absolute atomic E-state index is 13.1. The van der Waals surface area contributed by atoms with E-state index >= 15 is 0 Å². The molecule has 0 saturated carbocycles. The molecule has 12 heteroatoms. The molecule has 4 rings (SSSR count). The first-order chi connectivity index (χ1) is 14.8. The standard InChI is InChI=1S/C19H22N6O5S/c1-25-18(20)24-19(11-30-7-6-15(19)31(25,27)28)12-4-3-5-13(8-12)23-17(26)14-9-22-16(29-2)10-21-14/h3-5,8-10,15H,6-7,11H2,1-2H3,(H2,20,24)(H,23,26). The van der Waals surface area contributed by atoms with Crippen molar-refractivity contribution in [2.45, 2.75) is 17.2 Å². The monoisotopic (exact) mass is 446 g/mol. The normalized spacial score (nSPS) is 24.6. The molecule has 0 aliphatic carbocycles. The van der Waals surface area contributed by atoms with Crippen molar-refractivity contribution in [1.29, 1.82) is 0 Å². The Bertz CT molecular complexity index is 1140. The zero-order chi connectivity index (χ0) is 22.2. The number of nitrogens with one attached hydrogen (secondary N) is 1. The summed E-state index contributed by atoms with van der Waals surface area (Å²) >= 11 is 0. The third-order valence-electron chi connectivity index (χ3n) is 5.45. The summed E-state index contributed by atoms with van der Waals surface area (Å²) in [4.78, 5) is 25.1. The van der Waals surface area contributed by atoms with Crippen LogP contribution in [0, 0.1) is 0 Å². The molecule has 2 aliphatic heterocycles. The molecule has 2 aromatic rings. The summed E-state index contributed by atoms with van der Waals surface area (Å²) in [6.45, 7) is 0.369. The minimum absolute atomic E-state index is 0.0623. The van der Waals surface area contributed by atoms with Crippen molar-refractivity contribution >= 4 is 27.6 Å². The third kappa shape index (κ3) is 3.57. The van der Waals surface area contributed by atoms with Gasteiger partial charge in [0, 0.05) is 19.3 Å². The van der Waals surface area contributed by atoms with Gasteiger partial charge in [-0.2, -0.15) is 0 Å². The minimum Gasteiger partial charge on any atom is -0.480 e. The molecular formula is C19H22N6O5S. The highest BCUT2D eigenvalue weighted by atomic mass is 32.2. The van der Waals surface area contributed by atoms with Crippen molar-refractivity contribution in [3.63, 3.8) is 0 Å². The number of hydrogen-bond donors (Lipinski definition) is 2. The Morgan fingerprint density at radius 1 is 1.35 bits per heavy atom. The number of ether oxygens (including phenoxy) is 2. The predicted molar refractivity (Wildman–Crippen MR) is 112 cm³/mol. The van der Waals surface area contributed by atoms with Crippen molar-refractivity contribution in [2.75, 3.05) is 32.7 Å². The number of methoxy groups -OCH3 is 1. The van der Waals surface area contributed by atoms with Gasteiger partial charge in [-0.15, -0.1) is 0 Å². The van der Waals surface area contributed by atoms with Gasteiger partial charge in [-0.1, -0.05) is 12.1 Å². The summed E-state index contributed by atoms with van der Waals surface area (Å²) in [7, 11) is -0.881. The van der Waals surface area contributed by atoms with Crippen LogP contribution in [-0.2, 0) is 20.3 Å². The van der Waals surface area contributed by atoms with Crippen LogP contribution in [0.4, 0.5) is 5.69 Å². The molecule has 31 heavy (non-hydrogen) atoms. The van der Waals surface area contributed by atoms with Crippen LogP contribution in [0.5, 0.6) is 5.88 Å². The Hall–Kier alpha value is -3.25. The lowest BCUT2D eigenvalue weighted by atomic mass is 9.84. The van der Waals surface area contributed by atoms with E-state index in [4.69, 9.17) is 15.2 Å². The largest absolute Gasteiger partial charge is 0.480 e. The second-order valence-corrected chi connectivity index (χ2v) is 9.36. The number of nitrogens with zero attached hydrogens (tertiary/aromatic N) is 4.